The number of pyridine rings is 1. The second kappa shape index (κ2) is 6.38. The van der Waals surface area contributed by atoms with Crippen LogP contribution in [0.1, 0.15) is 21.1 Å². The first-order valence-corrected chi connectivity index (χ1v) is 7.69. The van der Waals surface area contributed by atoms with Crippen LogP contribution < -0.4 is 5.32 Å². The maximum Gasteiger partial charge on any atom is 0.276 e. The van der Waals surface area contributed by atoms with E-state index < -0.39 is 0 Å². The van der Waals surface area contributed by atoms with E-state index in [4.69, 9.17) is 5.26 Å². The fourth-order valence-corrected chi connectivity index (χ4v) is 3.00. The molecule has 6 heteroatoms. The molecule has 0 aliphatic carbocycles. The molecule has 1 aromatic carbocycles. The topological polar surface area (TPSA) is 78.7 Å². The highest BCUT2D eigenvalue weighted by Gasteiger charge is 2.18. The van der Waals surface area contributed by atoms with Gasteiger partial charge in [0, 0.05) is 6.20 Å². The lowest BCUT2D eigenvalue weighted by atomic mass is 10.1. The molecule has 3 rings (SSSR count). The van der Waals surface area contributed by atoms with Crippen LogP contribution in [0.2, 0.25) is 0 Å². The van der Waals surface area contributed by atoms with Gasteiger partial charge in [0.05, 0.1) is 15.4 Å². The Kier molecular flexibility index (Phi) is 4.13. The van der Waals surface area contributed by atoms with Gasteiger partial charge in [0.1, 0.15) is 17.6 Å². The van der Waals surface area contributed by atoms with Crippen LogP contribution in [0.15, 0.2) is 48.7 Å². The van der Waals surface area contributed by atoms with Crippen molar-refractivity contribution in [2.75, 3.05) is 5.32 Å². The highest BCUT2D eigenvalue weighted by atomic mass is 32.1. The summed E-state index contributed by atoms with van der Waals surface area (Å²) < 4.78 is 0. The molecule has 0 aliphatic rings. The van der Waals surface area contributed by atoms with Crippen LogP contribution in [-0.4, -0.2) is 15.9 Å². The van der Waals surface area contributed by atoms with Crippen LogP contribution in [0.4, 0.5) is 5.82 Å². The summed E-state index contributed by atoms with van der Waals surface area (Å²) in [5.41, 5.74) is 1.78. The zero-order valence-corrected chi connectivity index (χ0v) is 13.1. The van der Waals surface area contributed by atoms with E-state index in [0.29, 0.717) is 17.1 Å². The van der Waals surface area contributed by atoms with Crippen LogP contribution >= 0.6 is 11.3 Å². The highest BCUT2D eigenvalue weighted by molar-refractivity contribution is 7.15. The molecule has 1 amide bonds. The number of nitrogens with one attached hydrogen (secondary N) is 1. The molecule has 3 aromatic rings. The van der Waals surface area contributed by atoms with Gasteiger partial charge in [-0.2, -0.15) is 5.26 Å². The molecule has 0 atom stereocenters. The standard InChI is InChI=1S/C17H12N4OS/c1-11-20-15(16(23-11)13-5-3-2-4-6-13)17(22)21-14-8-7-12(9-18)10-19-14/h2-8,10H,1H3,(H,19,21,22). The minimum absolute atomic E-state index is 0.314. The van der Waals surface area contributed by atoms with E-state index in [0.717, 1.165) is 15.4 Å². The van der Waals surface area contributed by atoms with Crippen LogP contribution in [0.5, 0.6) is 0 Å². The van der Waals surface area contributed by atoms with Gasteiger partial charge in [0.15, 0.2) is 0 Å². The maximum absolute atomic E-state index is 12.5. The van der Waals surface area contributed by atoms with Gasteiger partial charge >= 0.3 is 0 Å². The predicted molar refractivity (Wildman–Crippen MR) is 89.2 cm³/mol. The Labute approximate surface area is 137 Å². The summed E-state index contributed by atoms with van der Waals surface area (Å²) in [6, 6.07) is 14.9. The number of aromatic nitrogens is 2. The SMILES string of the molecule is Cc1nc(C(=O)Nc2ccc(C#N)cn2)c(-c2ccccc2)s1. The molecule has 2 heterocycles. The fraction of sp³-hybridized carbons (Fsp3) is 0.0588. The molecule has 0 spiro atoms. The quantitative estimate of drug-likeness (QED) is 0.799. The van der Waals surface area contributed by atoms with Crippen molar-refractivity contribution in [1.82, 2.24) is 9.97 Å². The van der Waals surface area contributed by atoms with Crippen molar-refractivity contribution in [1.29, 1.82) is 5.26 Å². The monoisotopic (exact) mass is 320 g/mol. The van der Waals surface area contributed by atoms with Gasteiger partial charge in [-0.1, -0.05) is 30.3 Å². The lowest BCUT2D eigenvalue weighted by Gasteiger charge is -2.04. The second-order valence-corrected chi connectivity index (χ2v) is 5.98. The zero-order valence-electron chi connectivity index (χ0n) is 12.3. The Morgan fingerprint density at radius 1 is 1.22 bits per heavy atom. The van der Waals surface area contributed by atoms with Crippen molar-refractivity contribution in [2.45, 2.75) is 6.92 Å². The number of carbonyl (C=O) groups excluding carboxylic acids is 1. The molecule has 1 N–H and O–H groups in total. The van der Waals surface area contributed by atoms with E-state index >= 15 is 0 Å². The molecule has 0 fully saturated rings. The third-order valence-corrected chi connectivity index (χ3v) is 4.14. The summed E-state index contributed by atoms with van der Waals surface area (Å²) in [6.07, 6.45) is 1.42. The van der Waals surface area contributed by atoms with Crippen LogP contribution in [0.3, 0.4) is 0 Å². The zero-order chi connectivity index (χ0) is 16.2. The predicted octanol–water partition coefficient (Wildman–Crippen LogP) is 3.64. The molecule has 5 nitrogen and oxygen atoms in total. The highest BCUT2D eigenvalue weighted by Crippen LogP contribution is 2.30. The van der Waals surface area contributed by atoms with Crippen molar-refractivity contribution >= 4 is 23.1 Å². The van der Waals surface area contributed by atoms with Gasteiger partial charge in [-0.25, -0.2) is 9.97 Å². The van der Waals surface area contributed by atoms with Gasteiger partial charge < -0.3 is 5.32 Å². The number of rotatable bonds is 3. The summed E-state index contributed by atoms with van der Waals surface area (Å²) in [5.74, 6) is 0.0732. The molecule has 23 heavy (non-hydrogen) atoms. The molecule has 0 saturated carbocycles. The molecule has 0 aliphatic heterocycles. The number of nitrogens with zero attached hydrogens (tertiary/aromatic N) is 3. The largest absolute Gasteiger partial charge is 0.305 e. The number of amides is 1. The average Bonchev–Trinajstić information content (AvgIpc) is 2.98. The van der Waals surface area contributed by atoms with Gasteiger partial charge in [-0.3, -0.25) is 4.79 Å². The lowest BCUT2D eigenvalue weighted by Crippen LogP contribution is -2.14. The smallest absolute Gasteiger partial charge is 0.276 e. The molecule has 2 aromatic heterocycles. The van der Waals surface area contributed by atoms with Crippen LogP contribution in [-0.2, 0) is 0 Å². The van der Waals surface area contributed by atoms with E-state index in [1.807, 2.05) is 43.3 Å². The number of nitriles is 1. The average molecular weight is 320 g/mol. The van der Waals surface area contributed by atoms with E-state index in [1.54, 1.807) is 12.1 Å². The summed E-state index contributed by atoms with van der Waals surface area (Å²) in [7, 11) is 0. The van der Waals surface area contributed by atoms with Gasteiger partial charge in [0.2, 0.25) is 0 Å². The normalized spacial score (nSPS) is 10.1. The Morgan fingerprint density at radius 3 is 2.65 bits per heavy atom. The second-order valence-electron chi connectivity index (χ2n) is 4.77. The van der Waals surface area contributed by atoms with Gasteiger partial charge in [0.25, 0.3) is 5.91 Å². The first kappa shape index (κ1) is 14.9. The Balaban J connectivity index is 1.89. The number of anilines is 1. The third-order valence-electron chi connectivity index (χ3n) is 3.12. The van der Waals surface area contributed by atoms with Gasteiger partial charge in [-0.15, -0.1) is 11.3 Å². The molecular weight excluding hydrogens is 308 g/mol. The Hall–Kier alpha value is -3.04. The van der Waals surface area contributed by atoms with Crippen LogP contribution in [0.25, 0.3) is 10.4 Å². The number of carbonyl (C=O) groups is 1. The van der Waals surface area contributed by atoms with Crippen molar-refractivity contribution in [2.24, 2.45) is 0 Å². The molecule has 0 bridgehead atoms. The fourth-order valence-electron chi connectivity index (χ4n) is 2.08. The van der Waals surface area contributed by atoms with Gasteiger partial charge in [-0.05, 0) is 24.6 Å². The summed E-state index contributed by atoms with van der Waals surface area (Å²) in [4.78, 5) is 21.7. The van der Waals surface area contributed by atoms with Crippen molar-refractivity contribution in [3.05, 3.63) is 64.9 Å². The Morgan fingerprint density at radius 2 is 2.00 bits per heavy atom. The summed E-state index contributed by atoms with van der Waals surface area (Å²) in [6.45, 7) is 1.87. The van der Waals surface area contributed by atoms with E-state index in [9.17, 15) is 4.79 Å². The number of thiazole rings is 1. The van der Waals surface area contributed by atoms with E-state index in [2.05, 4.69) is 15.3 Å². The number of hydrogen-bond donors (Lipinski definition) is 1. The first-order chi connectivity index (χ1) is 11.2. The number of aryl methyl sites for hydroxylation is 1. The third kappa shape index (κ3) is 3.25. The minimum atomic E-state index is -0.314. The maximum atomic E-state index is 12.5. The van der Waals surface area contributed by atoms with Crippen molar-refractivity contribution < 1.29 is 4.79 Å². The summed E-state index contributed by atoms with van der Waals surface area (Å²) in [5, 5.41) is 12.3. The Bertz CT molecular complexity index is 879. The molecule has 0 unspecified atom stereocenters. The molecule has 0 radical (unpaired) electrons. The van der Waals surface area contributed by atoms with Crippen molar-refractivity contribution in [3.63, 3.8) is 0 Å². The minimum Gasteiger partial charge on any atom is -0.305 e. The first-order valence-electron chi connectivity index (χ1n) is 6.88. The molecule has 0 saturated heterocycles. The number of benzene rings is 1. The van der Waals surface area contributed by atoms with Crippen LogP contribution in [0, 0.1) is 18.3 Å². The molecular formula is C17H12N4OS. The lowest BCUT2D eigenvalue weighted by molar-refractivity contribution is 0.102. The number of hydrogen-bond acceptors (Lipinski definition) is 5. The molecule has 112 valence electrons. The van der Waals surface area contributed by atoms with Crippen molar-refractivity contribution in [3.8, 4) is 16.5 Å². The summed E-state index contributed by atoms with van der Waals surface area (Å²) >= 11 is 1.48. The van der Waals surface area contributed by atoms with E-state index in [-0.39, 0.29) is 5.91 Å². The van der Waals surface area contributed by atoms with E-state index in [1.165, 1.54) is 17.5 Å².